The molecule has 3 heterocycles. The monoisotopic (exact) mass is 476 g/mol. The number of hydrogen-bond acceptors (Lipinski definition) is 7. The molecule has 6 rings (SSSR count). The fraction of sp³-hybridized carbons (Fsp3) is 0.250. The van der Waals surface area contributed by atoms with Crippen LogP contribution in [0.1, 0.15) is 34.4 Å². The van der Waals surface area contributed by atoms with Gasteiger partial charge < -0.3 is 0 Å². The van der Waals surface area contributed by atoms with Crippen molar-refractivity contribution in [2.75, 3.05) is 0 Å². The Morgan fingerprint density at radius 1 is 1.00 bits per heavy atom. The molecular weight excluding hydrogens is 456 g/mol. The summed E-state index contributed by atoms with van der Waals surface area (Å²) in [6.45, 7) is 0.526. The van der Waals surface area contributed by atoms with Crippen LogP contribution in [-0.4, -0.2) is 18.3 Å². The summed E-state index contributed by atoms with van der Waals surface area (Å²) in [6.07, 6.45) is 4.41. The second kappa shape index (κ2) is 8.42. The number of nitrogens with zero attached hydrogens (tertiary/aromatic N) is 4. The van der Waals surface area contributed by atoms with E-state index in [-0.39, 0.29) is 5.56 Å². The highest BCUT2D eigenvalue weighted by Gasteiger charge is 2.22. The summed E-state index contributed by atoms with van der Waals surface area (Å²) >= 11 is 4.55. The Balaban J connectivity index is 1.45. The van der Waals surface area contributed by atoms with Crippen molar-refractivity contribution >= 4 is 56.1 Å². The summed E-state index contributed by atoms with van der Waals surface area (Å²) in [4.78, 5) is 21.0. The number of aryl methyl sites for hydroxylation is 2. The van der Waals surface area contributed by atoms with Crippen molar-refractivity contribution in [1.82, 2.24) is 18.3 Å². The Hall–Kier alpha value is -2.55. The van der Waals surface area contributed by atoms with Crippen LogP contribution in [0.2, 0.25) is 0 Å². The highest BCUT2D eigenvalue weighted by molar-refractivity contribution is 7.98. The van der Waals surface area contributed by atoms with Crippen LogP contribution >= 0.6 is 34.8 Å². The van der Waals surface area contributed by atoms with Gasteiger partial charge in [-0.2, -0.15) is 8.75 Å². The van der Waals surface area contributed by atoms with Crippen LogP contribution in [0.5, 0.6) is 0 Å². The predicted octanol–water partition coefficient (Wildman–Crippen LogP) is 5.68. The molecule has 3 aromatic heterocycles. The minimum absolute atomic E-state index is 0.0919. The molecule has 0 spiro atoms. The molecule has 0 radical (unpaired) electrons. The summed E-state index contributed by atoms with van der Waals surface area (Å²) in [6, 6.07) is 16.2. The summed E-state index contributed by atoms with van der Waals surface area (Å²) in [5.74, 6) is 0.695. The van der Waals surface area contributed by atoms with Crippen molar-refractivity contribution < 1.29 is 0 Å². The van der Waals surface area contributed by atoms with Gasteiger partial charge in [0.2, 0.25) is 0 Å². The molecule has 32 heavy (non-hydrogen) atoms. The zero-order valence-corrected chi connectivity index (χ0v) is 19.7. The van der Waals surface area contributed by atoms with Gasteiger partial charge in [0.1, 0.15) is 15.9 Å². The molecule has 160 valence electrons. The number of thiophene rings is 1. The number of rotatable bonds is 5. The Morgan fingerprint density at radius 2 is 1.88 bits per heavy atom. The van der Waals surface area contributed by atoms with Gasteiger partial charge >= 0.3 is 0 Å². The van der Waals surface area contributed by atoms with Gasteiger partial charge in [0.15, 0.2) is 5.16 Å². The molecule has 0 N–H and O–H groups in total. The Labute approximate surface area is 197 Å². The number of thioether (sulfide) groups is 1. The van der Waals surface area contributed by atoms with Gasteiger partial charge in [-0.05, 0) is 48.4 Å². The molecule has 2 aromatic carbocycles. The minimum atomic E-state index is 0.0919. The quantitative estimate of drug-likeness (QED) is 0.241. The van der Waals surface area contributed by atoms with E-state index in [1.807, 2.05) is 34.9 Å². The van der Waals surface area contributed by atoms with E-state index >= 15 is 0 Å². The minimum Gasteiger partial charge on any atom is -0.283 e. The molecule has 0 unspecified atom stereocenters. The maximum absolute atomic E-state index is 13.8. The molecule has 0 saturated carbocycles. The van der Waals surface area contributed by atoms with Crippen LogP contribution in [-0.2, 0) is 25.1 Å². The molecule has 0 fully saturated rings. The summed E-state index contributed by atoms with van der Waals surface area (Å²) < 4.78 is 10.7. The van der Waals surface area contributed by atoms with Crippen molar-refractivity contribution in [1.29, 1.82) is 0 Å². The lowest BCUT2D eigenvalue weighted by Crippen LogP contribution is -2.24. The fourth-order valence-electron chi connectivity index (χ4n) is 4.36. The number of hydrogen-bond donors (Lipinski definition) is 0. The van der Waals surface area contributed by atoms with Crippen LogP contribution in [0, 0.1) is 0 Å². The van der Waals surface area contributed by atoms with Gasteiger partial charge in [0.05, 0.1) is 23.7 Å². The maximum atomic E-state index is 13.8. The molecule has 0 bridgehead atoms. The Kier molecular flexibility index (Phi) is 5.29. The highest BCUT2D eigenvalue weighted by atomic mass is 32.2. The molecule has 5 aromatic rings. The first-order valence-corrected chi connectivity index (χ1v) is 13.2. The van der Waals surface area contributed by atoms with E-state index in [9.17, 15) is 4.79 Å². The zero-order chi connectivity index (χ0) is 21.5. The van der Waals surface area contributed by atoms with Gasteiger partial charge in [-0.1, -0.05) is 54.2 Å². The third-order valence-electron chi connectivity index (χ3n) is 5.95. The summed E-state index contributed by atoms with van der Waals surface area (Å²) in [7, 11) is 0. The van der Waals surface area contributed by atoms with Gasteiger partial charge in [0.25, 0.3) is 5.56 Å². The van der Waals surface area contributed by atoms with Crippen LogP contribution in [0.15, 0.2) is 58.5 Å². The number of aromatic nitrogens is 4. The Bertz CT molecular complexity index is 1490. The smallest absolute Gasteiger partial charge is 0.263 e. The van der Waals surface area contributed by atoms with Crippen molar-refractivity contribution in [3.05, 3.63) is 80.5 Å². The molecule has 1 aliphatic rings. The molecule has 1 aliphatic carbocycles. The predicted molar refractivity (Wildman–Crippen MR) is 133 cm³/mol. The van der Waals surface area contributed by atoms with E-state index in [4.69, 9.17) is 4.98 Å². The summed E-state index contributed by atoms with van der Waals surface area (Å²) in [5, 5.41) is 1.61. The first-order valence-electron chi connectivity index (χ1n) is 10.7. The van der Waals surface area contributed by atoms with Gasteiger partial charge in [-0.3, -0.25) is 9.36 Å². The lowest BCUT2D eigenvalue weighted by atomic mass is 9.97. The second-order valence-corrected chi connectivity index (χ2v) is 10.6. The molecule has 0 amide bonds. The van der Waals surface area contributed by atoms with Crippen molar-refractivity contribution in [2.24, 2.45) is 0 Å². The molecule has 0 saturated heterocycles. The van der Waals surface area contributed by atoms with E-state index < -0.39 is 0 Å². The normalized spacial score (nSPS) is 13.6. The average molecular weight is 477 g/mol. The third kappa shape index (κ3) is 3.56. The van der Waals surface area contributed by atoms with Crippen LogP contribution in [0.25, 0.3) is 21.3 Å². The van der Waals surface area contributed by atoms with Crippen molar-refractivity contribution in [3.63, 3.8) is 0 Å². The second-order valence-electron chi connectivity index (χ2n) is 8.00. The lowest BCUT2D eigenvalue weighted by Gasteiger charge is -2.14. The topological polar surface area (TPSA) is 60.7 Å². The van der Waals surface area contributed by atoms with E-state index in [0.29, 0.717) is 12.3 Å². The van der Waals surface area contributed by atoms with E-state index in [0.717, 1.165) is 56.8 Å². The molecule has 5 nitrogen and oxygen atoms in total. The third-order valence-corrected chi connectivity index (χ3v) is 8.70. The first-order chi connectivity index (χ1) is 15.8. The van der Waals surface area contributed by atoms with Crippen LogP contribution < -0.4 is 5.56 Å². The fourth-order valence-corrected chi connectivity index (χ4v) is 7.21. The number of fused-ring (bicyclic) bond motifs is 4. The Morgan fingerprint density at radius 3 is 2.78 bits per heavy atom. The zero-order valence-electron chi connectivity index (χ0n) is 17.3. The summed E-state index contributed by atoms with van der Waals surface area (Å²) in [5.41, 5.74) is 5.42. The maximum Gasteiger partial charge on any atom is 0.263 e. The standard InChI is InChI=1S/C24H20N4OS3/c29-23-20-17-10-4-5-12-19(17)31-22(20)25-24(28(23)13-15-7-2-1-3-8-15)30-14-16-9-6-11-18-21(16)27-32-26-18/h1-3,6-9,11H,4-5,10,12-14H2. The molecule has 8 heteroatoms. The largest absolute Gasteiger partial charge is 0.283 e. The average Bonchev–Trinajstić information content (AvgIpc) is 3.45. The van der Waals surface area contributed by atoms with E-state index in [1.165, 1.54) is 28.6 Å². The van der Waals surface area contributed by atoms with E-state index in [2.05, 4.69) is 26.9 Å². The highest BCUT2D eigenvalue weighted by Crippen LogP contribution is 2.35. The first kappa shape index (κ1) is 20.1. The van der Waals surface area contributed by atoms with Crippen molar-refractivity contribution in [2.45, 2.75) is 43.1 Å². The van der Waals surface area contributed by atoms with Crippen LogP contribution in [0.4, 0.5) is 0 Å². The van der Waals surface area contributed by atoms with Gasteiger partial charge in [-0.15, -0.1) is 11.3 Å². The van der Waals surface area contributed by atoms with Gasteiger partial charge in [0, 0.05) is 10.6 Å². The molecule has 0 aliphatic heterocycles. The SMILES string of the molecule is O=c1c2c3c(sc2nc(SCc2cccc4nsnc24)n1Cc1ccccc1)CCCC3. The van der Waals surface area contributed by atoms with E-state index in [1.54, 1.807) is 23.1 Å². The number of benzene rings is 2. The lowest BCUT2D eigenvalue weighted by molar-refractivity contribution is 0.656. The van der Waals surface area contributed by atoms with Crippen LogP contribution in [0.3, 0.4) is 0 Å². The van der Waals surface area contributed by atoms with Crippen molar-refractivity contribution in [3.8, 4) is 0 Å². The molecular formula is C24H20N4OS3. The van der Waals surface area contributed by atoms with Gasteiger partial charge in [-0.25, -0.2) is 4.98 Å². The molecule has 0 atom stereocenters.